The molecule has 0 heterocycles. The van der Waals surface area contributed by atoms with Gasteiger partial charge in [0.25, 0.3) is 0 Å². The van der Waals surface area contributed by atoms with Gasteiger partial charge in [0, 0.05) is 12.2 Å². The largest absolute Gasteiger partial charge is 0.399 e. The van der Waals surface area contributed by atoms with Crippen molar-refractivity contribution in [1.82, 2.24) is 0 Å². The van der Waals surface area contributed by atoms with E-state index >= 15 is 0 Å². The van der Waals surface area contributed by atoms with Crippen molar-refractivity contribution in [3.63, 3.8) is 0 Å². The summed E-state index contributed by atoms with van der Waals surface area (Å²) in [5.74, 6) is 0. The molecule has 6 heteroatoms. The maximum absolute atomic E-state index is 12.6. The summed E-state index contributed by atoms with van der Waals surface area (Å²) in [7, 11) is -3.69. The quantitative estimate of drug-likeness (QED) is 0.834. The zero-order valence-corrected chi connectivity index (χ0v) is 12.9. The first-order chi connectivity index (χ1) is 9.94. The predicted octanol–water partition coefficient (Wildman–Crippen LogP) is 2.76. The van der Waals surface area contributed by atoms with Crippen molar-refractivity contribution >= 4 is 27.3 Å². The maximum Gasteiger partial charge on any atom is 0.323 e. The van der Waals surface area contributed by atoms with Crippen LogP contribution in [0.25, 0.3) is 0 Å². The van der Waals surface area contributed by atoms with Crippen molar-refractivity contribution in [1.29, 1.82) is 0 Å². The third-order valence-corrected chi connectivity index (χ3v) is 4.65. The summed E-state index contributed by atoms with van der Waals surface area (Å²) in [6.45, 7) is 3.95. The lowest BCUT2D eigenvalue weighted by Gasteiger charge is -2.24. The summed E-state index contributed by atoms with van der Waals surface area (Å²) in [6.07, 6.45) is 0. The number of rotatable bonds is 5. The Kier molecular flexibility index (Phi) is 4.37. The van der Waals surface area contributed by atoms with Gasteiger partial charge in [0.2, 0.25) is 0 Å². The first-order valence-electron chi connectivity index (χ1n) is 6.65. The molecule has 0 atom stereocenters. The molecule has 0 bridgehead atoms. The van der Waals surface area contributed by atoms with E-state index in [2.05, 4.69) is 4.72 Å². The molecule has 2 rings (SSSR count). The lowest BCUT2D eigenvalue weighted by atomic mass is 10.2. The van der Waals surface area contributed by atoms with Gasteiger partial charge in [-0.15, -0.1) is 0 Å². The van der Waals surface area contributed by atoms with Gasteiger partial charge in [0.15, 0.2) is 0 Å². The molecule has 2 aromatic rings. The highest BCUT2D eigenvalue weighted by Gasteiger charge is 2.21. The second-order valence-corrected chi connectivity index (χ2v) is 6.28. The van der Waals surface area contributed by atoms with Crippen LogP contribution in [0.5, 0.6) is 0 Å². The van der Waals surface area contributed by atoms with E-state index in [1.807, 2.05) is 13.0 Å². The summed E-state index contributed by atoms with van der Waals surface area (Å²) in [6, 6.07) is 14.1. The second kappa shape index (κ2) is 6.05. The van der Waals surface area contributed by atoms with E-state index in [0.29, 0.717) is 23.6 Å². The van der Waals surface area contributed by atoms with E-state index in [9.17, 15) is 8.42 Å². The monoisotopic (exact) mass is 305 g/mol. The van der Waals surface area contributed by atoms with E-state index in [4.69, 9.17) is 5.73 Å². The molecule has 0 saturated heterocycles. The highest BCUT2D eigenvalue weighted by atomic mass is 32.2. The number of hydrogen-bond acceptors (Lipinski definition) is 3. The average molecular weight is 305 g/mol. The molecule has 0 aliphatic rings. The minimum atomic E-state index is -3.69. The van der Waals surface area contributed by atoms with Gasteiger partial charge >= 0.3 is 10.2 Å². The Morgan fingerprint density at radius 2 is 1.81 bits per heavy atom. The van der Waals surface area contributed by atoms with Gasteiger partial charge in [-0.25, -0.2) is 0 Å². The molecule has 0 radical (unpaired) electrons. The molecular formula is C15H19N3O2S. The lowest BCUT2D eigenvalue weighted by Crippen LogP contribution is -2.36. The molecule has 0 aliphatic heterocycles. The Morgan fingerprint density at radius 3 is 2.43 bits per heavy atom. The lowest BCUT2D eigenvalue weighted by molar-refractivity contribution is 0.597. The average Bonchev–Trinajstić information content (AvgIpc) is 2.44. The van der Waals surface area contributed by atoms with Crippen molar-refractivity contribution in [3.8, 4) is 0 Å². The molecule has 3 N–H and O–H groups in total. The molecule has 0 saturated carbocycles. The van der Waals surface area contributed by atoms with Crippen LogP contribution < -0.4 is 14.8 Å². The van der Waals surface area contributed by atoms with Gasteiger partial charge in [0.05, 0.1) is 11.4 Å². The van der Waals surface area contributed by atoms with Crippen LogP contribution in [0.15, 0.2) is 48.5 Å². The predicted molar refractivity (Wildman–Crippen MR) is 87.6 cm³/mol. The van der Waals surface area contributed by atoms with Crippen molar-refractivity contribution in [2.45, 2.75) is 13.8 Å². The van der Waals surface area contributed by atoms with Crippen molar-refractivity contribution < 1.29 is 8.42 Å². The maximum atomic E-state index is 12.6. The minimum absolute atomic E-state index is 0.334. The fraction of sp³-hybridized carbons (Fsp3) is 0.200. The number of anilines is 3. The minimum Gasteiger partial charge on any atom is -0.399 e. The van der Waals surface area contributed by atoms with Crippen LogP contribution in [-0.4, -0.2) is 15.0 Å². The molecule has 2 aromatic carbocycles. The molecule has 0 aromatic heterocycles. The smallest absolute Gasteiger partial charge is 0.323 e. The zero-order valence-electron chi connectivity index (χ0n) is 12.1. The van der Waals surface area contributed by atoms with Gasteiger partial charge in [-0.2, -0.15) is 8.42 Å². The fourth-order valence-electron chi connectivity index (χ4n) is 2.03. The van der Waals surface area contributed by atoms with E-state index in [1.54, 1.807) is 49.4 Å². The van der Waals surface area contributed by atoms with Crippen molar-refractivity contribution in [2.24, 2.45) is 0 Å². The number of nitrogens with one attached hydrogen (secondary N) is 1. The summed E-state index contributed by atoms with van der Waals surface area (Å²) >= 11 is 0. The molecule has 0 aliphatic carbocycles. The van der Waals surface area contributed by atoms with E-state index in [-0.39, 0.29) is 0 Å². The number of nitrogen functional groups attached to an aromatic ring is 1. The third-order valence-electron chi connectivity index (χ3n) is 3.12. The summed E-state index contributed by atoms with van der Waals surface area (Å²) in [5, 5.41) is 0. The molecule has 0 spiro atoms. The van der Waals surface area contributed by atoms with Crippen LogP contribution in [0.3, 0.4) is 0 Å². The third kappa shape index (κ3) is 3.46. The normalized spacial score (nSPS) is 11.1. The number of nitrogens with zero attached hydrogens (tertiary/aromatic N) is 1. The van der Waals surface area contributed by atoms with Crippen LogP contribution in [0.4, 0.5) is 17.1 Å². The number of benzene rings is 2. The fourth-order valence-corrected chi connectivity index (χ4v) is 3.38. The van der Waals surface area contributed by atoms with Crippen molar-refractivity contribution in [2.75, 3.05) is 21.3 Å². The molecule has 5 nitrogen and oxygen atoms in total. The van der Waals surface area contributed by atoms with Crippen molar-refractivity contribution in [3.05, 3.63) is 54.1 Å². The molecule has 0 amide bonds. The first-order valence-corrected chi connectivity index (χ1v) is 8.09. The SMILES string of the molecule is CCN(c1ccccc1)S(=O)(=O)Nc1cc(N)ccc1C. The van der Waals surface area contributed by atoms with Crippen LogP contribution in [-0.2, 0) is 10.2 Å². The summed E-state index contributed by atoms with van der Waals surface area (Å²) in [5.41, 5.74) is 8.16. The van der Waals surface area contributed by atoms with E-state index in [1.165, 1.54) is 4.31 Å². The highest BCUT2D eigenvalue weighted by Crippen LogP contribution is 2.23. The van der Waals surface area contributed by atoms with Gasteiger partial charge in [-0.1, -0.05) is 24.3 Å². The summed E-state index contributed by atoms with van der Waals surface area (Å²) in [4.78, 5) is 0. The van der Waals surface area contributed by atoms with Crippen LogP contribution in [0.1, 0.15) is 12.5 Å². The van der Waals surface area contributed by atoms with E-state index in [0.717, 1.165) is 5.56 Å². The standard InChI is InChI=1S/C15H19N3O2S/c1-3-18(14-7-5-4-6-8-14)21(19,20)17-15-11-13(16)10-9-12(15)2/h4-11,17H,3,16H2,1-2H3. The first kappa shape index (κ1) is 15.2. The topological polar surface area (TPSA) is 75.4 Å². The molecule has 21 heavy (non-hydrogen) atoms. The number of hydrogen-bond donors (Lipinski definition) is 2. The van der Waals surface area contributed by atoms with Crippen LogP contribution in [0, 0.1) is 6.92 Å². The number of para-hydroxylation sites is 1. The number of nitrogens with two attached hydrogens (primary N) is 1. The number of aryl methyl sites for hydroxylation is 1. The zero-order chi connectivity index (χ0) is 15.5. The van der Waals surface area contributed by atoms with Crippen LogP contribution >= 0.6 is 0 Å². The van der Waals surface area contributed by atoms with E-state index < -0.39 is 10.2 Å². The van der Waals surface area contributed by atoms with Crippen LogP contribution in [0.2, 0.25) is 0 Å². The van der Waals surface area contributed by atoms with Gasteiger partial charge < -0.3 is 5.73 Å². The second-order valence-electron chi connectivity index (χ2n) is 4.68. The Bertz CT molecular complexity index is 715. The van der Waals surface area contributed by atoms with Gasteiger partial charge in [-0.05, 0) is 43.7 Å². The Labute approximate surface area is 125 Å². The highest BCUT2D eigenvalue weighted by molar-refractivity contribution is 7.94. The summed E-state index contributed by atoms with van der Waals surface area (Å²) < 4.78 is 29.0. The molecule has 0 unspecified atom stereocenters. The molecule has 112 valence electrons. The molecular weight excluding hydrogens is 286 g/mol. The Morgan fingerprint density at radius 1 is 1.14 bits per heavy atom. The molecule has 0 fully saturated rings. The Balaban J connectivity index is 2.35. The van der Waals surface area contributed by atoms with Gasteiger partial charge in [-0.3, -0.25) is 9.03 Å². The Hall–Kier alpha value is -2.21. The van der Waals surface area contributed by atoms with Gasteiger partial charge in [0.1, 0.15) is 0 Å².